The van der Waals surface area contributed by atoms with Gasteiger partial charge in [0, 0.05) is 44.8 Å². The van der Waals surface area contributed by atoms with Gasteiger partial charge in [0.2, 0.25) is 0 Å². The van der Waals surface area contributed by atoms with Gasteiger partial charge in [-0.1, -0.05) is 0 Å². The molecule has 1 atom stereocenters. The van der Waals surface area contributed by atoms with Gasteiger partial charge in [-0.2, -0.15) is 0 Å². The number of carbonyl (C=O) groups is 2. The number of anilines is 1. The summed E-state index contributed by atoms with van der Waals surface area (Å²) in [7, 11) is 0. The number of urea groups is 1. The Hall–Kier alpha value is -2.22. The average molecular weight is 324 g/mol. The monoisotopic (exact) mass is 324 g/mol. The molecule has 3 rings (SSSR count). The number of benzene rings is 1. The Morgan fingerprint density at radius 3 is 2.65 bits per heavy atom. The second kappa shape index (κ2) is 6.11. The molecule has 6 nitrogen and oxygen atoms in total. The van der Waals surface area contributed by atoms with Crippen LogP contribution >= 0.6 is 0 Å². The first-order chi connectivity index (χ1) is 11.0. The van der Waals surface area contributed by atoms with Crippen molar-refractivity contribution in [3.8, 4) is 0 Å². The maximum Gasteiger partial charge on any atom is 0.322 e. The molecule has 8 heteroatoms. The number of nitrogens with zero attached hydrogens (tertiary/aromatic N) is 2. The predicted octanol–water partition coefficient (Wildman–Crippen LogP) is 0.928. The minimum absolute atomic E-state index is 0.0760. The molecule has 2 aliphatic heterocycles. The summed E-state index contributed by atoms with van der Waals surface area (Å²) in [4.78, 5) is 26.9. The van der Waals surface area contributed by atoms with Gasteiger partial charge in [-0.25, -0.2) is 13.6 Å². The van der Waals surface area contributed by atoms with Gasteiger partial charge in [0.25, 0.3) is 5.91 Å². The third-order valence-electron chi connectivity index (χ3n) is 4.07. The topological polar surface area (TPSA) is 64.7 Å². The molecule has 2 fully saturated rings. The number of piperazine rings is 1. The number of nitrogens with one attached hydrogen (secondary N) is 2. The fraction of sp³-hybridized carbons (Fsp3) is 0.467. The van der Waals surface area contributed by atoms with E-state index in [0.29, 0.717) is 32.2 Å². The molecule has 1 aromatic carbocycles. The van der Waals surface area contributed by atoms with E-state index in [1.807, 2.05) is 6.92 Å². The lowest BCUT2D eigenvalue weighted by atomic mass is 10.1. The van der Waals surface area contributed by atoms with Crippen LogP contribution in [0.2, 0.25) is 0 Å². The van der Waals surface area contributed by atoms with Gasteiger partial charge >= 0.3 is 6.03 Å². The summed E-state index contributed by atoms with van der Waals surface area (Å²) < 4.78 is 28.1. The molecule has 2 aliphatic rings. The lowest BCUT2D eigenvalue weighted by molar-refractivity contribution is 0.0704. The molecule has 0 unspecified atom stereocenters. The summed E-state index contributed by atoms with van der Waals surface area (Å²) in [6.07, 6.45) is 0. The van der Waals surface area contributed by atoms with Gasteiger partial charge in [-0.15, -0.1) is 0 Å². The first kappa shape index (κ1) is 15.7. The van der Waals surface area contributed by atoms with Crippen LogP contribution in [0.4, 0.5) is 19.3 Å². The fourth-order valence-electron chi connectivity index (χ4n) is 2.90. The maximum absolute atomic E-state index is 14.1. The average Bonchev–Trinajstić information content (AvgIpc) is 2.93. The second-order valence-electron chi connectivity index (χ2n) is 5.77. The van der Waals surface area contributed by atoms with E-state index >= 15 is 0 Å². The lowest BCUT2D eigenvalue weighted by Gasteiger charge is -2.32. The molecule has 23 heavy (non-hydrogen) atoms. The molecular formula is C15H18F2N4O2. The molecule has 0 bridgehead atoms. The molecule has 0 radical (unpaired) electrons. The number of hydrogen-bond donors (Lipinski definition) is 2. The first-order valence-electron chi connectivity index (χ1n) is 7.54. The molecular weight excluding hydrogens is 306 g/mol. The first-order valence-corrected chi connectivity index (χ1v) is 7.54. The zero-order valence-electron chi connectivity index (χ0n) is 12.7. The number of rotatable bonds is 2. The van der Waals surface area contributed by atoms with Crippen molar-refractivity contribution in [1.82, 2.24) is 15.5 Å². The van der Waals surface area contributed by atoms with E-state index in [-0.39, 0.29) is 23.8 Å². The van der Waals surface area contributed by atoms with Crippen LogP contribution in [0.3, 0.4) is 0 Å². The summed E-state index contributed by atoms with van der Waals surface area (Å²) in [5, 5.41) is 5.75. The van der Waals surface area contributed by atoms with Crippen LogP contribution in [0, 0.1) is 11.6 Å². The third-order valence-corrected chi connectivity index (χ3v) is 4.07. The van der Waals surface area contributed by atoms with E-state index < -0.39 is 23.6 Å². The Kier molecular flexibility index (Phi) is 4.16. The van der Waals surface area contributed by atoms with Crippen LogP contribution in [-0.2, 0) is 0 Å². The summed E-state index contributed by atoms with van der Waals surface area (Å²) in [5.74, 6) is -2.26. The summed E-state index contributed by atoms with van der Waals surface area (Å²) in [6.45, 7) is 4.13. The third kappa shape index (κ3) is 2.98. The van der Waals surface area contributed by atoms with Crippen molar-refractivity contribution in [2.75, 3.05) is 37.6 Å². The number of halogens is 2. The molecule has 0 aromatic heterocycles. The highest BCUT2D eigenvalue weighted by molar-refractivity contribution is 5.98. The summed E-state index contributed by atoms with van der Waals surface area (Å²) in [6, 6.07) is 1.45. The number of carbonyl (C=O) groups excluding carboxylic acids is 2. The smallest absolute Gasteiger partial charge is 0.322 e. The van der Waals surface area contributed by atoms with Gasteiger partial charge < -0.3 is 15.5 Å². The van der Waals surface area contributed by atoms with E-state index in [1.165, 1.54) is 9.80 Å². The normalized spacial score (nSPS) is 21.5. The summed E-state index contributed by atoms with van der Waals surface area (Å²) in [5.41, 5.74) is -0.289. The van der Waals surface area contributed by atoms with Gasteiger partial charge in [-0.05, 0) is 13.0 Å². The van der Waals surface area contributed by atoms with Crippen molar-refractivity contribution in [3.05, 3.63) is 29.3 Å². The Bertz CT molecular complexity index is 653. The molecule has 0 spiro atoms. The molecule has 2 heterocycles. The molecule has 2 saturated heterocycles. The van der Waals surface area contributed by atoms with Crippen LogP contribution in [0.15, 0.2) is 12.1 Å². The SMILES string of the molecule is C[C@H]1CN(C(=O)c2cc(N3CCNC3=O)c(F)cc2F)CCN1. The fourth-order valence-corrected chi connectivity index (χ4v) is 2.90. The highest BCUT2D eigenvalue weighted by Crippen LogP contribution is 2.26. The highest BCUT2D eigenvalue weighted by atomic mass is 19.1. The molecule has 0 aliphatic carbocycles. The van der Waals surface area contributed by atoms with Crippen molar-refractivity contribution in [2.24, 2.45) is 0 Å². The van der Waals surface area contributed by atoms with Crippen LogP contribution in [-0.4, -0.2) is 55.6 Å². The van der Waals surface area contributed by atoms with Gasteiger partial charge in [0.1, 0.15) is 11.6 Å². The van der Waals surface area contributed by atoms with Crippen molar-refractivity contribution >= 4 is 17.6 Å². The van der Waals surface area contributed by atoms with E-state index in [1.54, 1.807) is 0 Å². The molecule has 0 saturated carbocycles. The van der Waals surface area contributed by atoms with Gasteiger partial charge in [0.05, 0.1) is 11.3 Å². The number of hydrogen-bond acceptors (Lipinski definition) is 3. The second-order valence-corrected chi connectivity index (χ2v) is 5.77. The van der Waals surface area contributed by atoms with E-state index in [4.69, 9.17) is 0 Å². The Labute approximate surface area is 132 Å². The van der Waals surface area contributed by atoms with Crippen molar-refractivity contribution in [3.63, 3.8) is 0 Å². The summed E-state index contributed by atoms with van der Waals surface area (Å²) >= 11 is 0. The Morgan fingerprint density at radius 2 is 2.00 bits per heavy atom. The van der Waals surface area contributed by atoms with Crippen molar-refractivity contribution in [2.45, 2.75) is 13.0 Å². The lowest BCUT2D eigenvalue weighted by Crippen LogP contribution is -2.51. The zero-order valence-corrected chi connectivity index (χ0v) is 12.7. The highest BCUT2D eigenvalue weighted by Gasteiger charge is 2.29. The van der Waals surface area contributed by atoms with Crippen LogP contribution < -0.4 is 15.5 Å². The number of amides is 3. The van der Waals surface area contributed by atoms with Gasteiger partial charge in [0.15, 0.2) is 0 Å². The quantitative estimate of drug-likeness (QED) is 0.851. The molecule has 124 valence electrons. The molecule has 3 amide bonds. The largest absolute Gasteiger partial charge is 0.336 e. The Balaban J connectivity index is 1.92. The van der Waals surface area contributed by atoms with Crippen LogP contribution in [0.25, 0.3) is 0 Å². The van der Waals surface area contributed by atoms with Gasteiger partial charge in [-0.3, -0.25) is 9.69 Å². The standard InChI is InChI=1S/C15H18F2N4O2/c1-9-8-20(4-2-18-9)14(22)10-6-13(12(17)7-11(10)16)21-5-3-19-15(21)23/h6-7,9,18H,2-5,8H2,1H3,(H,19,23)/t9-/m0/s1. The van der Waals surface area contributed by atoms with Crippen molar-refractivity contribution < 1.29 is 18.4 Å². The van der Waals surface area contributed by atoms with Crippen LogP contribution in [0.1, 0.15) is 17.3 Å². The maximum atomic E-state index is 14.1. The minimum Gasteiger partial charge on any atom is -0.336 e. The van der Waals surface area contributed by atoms with E-state index in [2.05, 4.69) is 10.6 Å². The van der Waals surface area contributed by atoms with E-state index in [9.17, 15) is 18.4 Å². The Morgan fingerprint density at radius 1 is 1.22 bits per heavy atom. The van der Waals surface area contributed by atoms with Crippen molar-refractivity contribution in [1.29, 1.82) is 0 Å². The minimum atomic E-state index is -0.915. The van der Waals surface area contributed by atoms with E-state index in [0.717, 1.165) is 6.07 Å². The zero-order chi connectivity index (χ0) is 16.6. The van der Waals surface area contributed by atoms with Crippen LogP contribution in [0.5, 0.6) is 0 Å². The molecule has 2 N–H and O–H groups in total. The predicted molar refractivity (Wildman–Crippen MR) is 80.5 cm³/mol. The molecule has 1 aromatic rings.